The van der Waals surface area contributed by atoms with Gasteiger partial charge in [0.25, 0.3) is 0 Å². The summed E-state index contributed by atoms with van der Waals surface area (Å²) in [4.78, 5) is 0. The summed E-state index contributed by atoms with van der Waals surface area (Å²) in [6, 6.07) is 6.95. The van der Waals surface area contributed by atoms with Gasteiger partial charge in [-0.15, -0.1) is 6.58 Å². The molecule has 12 heavy (non-hydrogen) atoms. The Hall–Kier alpha value is -1.28. The third kappa shape index (κ3) is 1.86. The fraction of sp³-hybridized carbons (Fsp3) is 0.200. The quantitative estimate of drug-likeness (QED) is 0.669. The summed E-state index contributed by atoms with van der Waals surface area (Å²) in [5, 5.41) is 9.39. The zero-order chi connectivity index (χ0) is 8.97. The maximum atomic E-state index is 9.39. The van der Waals surface area contributed by atoms with Crippen molar-refractivity contribution in [2.24, 2.45) is 5.73 Å². The van der Waals surface area contributed by atoms with Crippen LogP contribution in [0.2, 0.25) is 0 Å². The highest BCUT2D eigenvalue weighted by Crippen LogP contribution is 2.23. The molecule has 0 aliphatic heterocycles. The number of benzene rings is 1. The van der Waals surface area contributed by atoms with Crippen LogP contribution in [-0.2, 0) is 0 Å². The first kappa shape index (κ1) is 8.81. The first-order valence-corrected chi connectivity index (χ1v) is 3.90. The minimum absolute atomic E-state index is 0.149. The van der Waals surface area contributed by atoms with Crippen LogP contribution in [0.1, 0.15) is 18.0 Å². The van der Waals surface area contributed by atoms with Crippen LogP contribution in [0.4, 0.5) is 0 Å². The molecular weight excluding hydrogens is 150 g/mol. The average Bonchev–Trinajstić information content (AvgIpc) is 2.05. The van der Waals surface area contributed by atoms with Crippen molar-refractivity contribution in [2.75, 3.05) is 0 Å². The van der Waals surface area contributed by atoms with Crippen molar-refractivity contribution in [3.63, 3.8) is 0 Å². The van der Waals surface area contributed by atoms with Crippen molar-refractivity contribution in [2.45, 2.75) is 12.5 Å². The molecule has 0 aliphatic carbocycles. The summed E-state index contributed by atoms with van der Waals surface area (Å²) in [5.41, 5.74) is 6.55. The van der Waals surface area contributed by atoms with E-state index in [0.717, 1.165) is 5.56 Å². The van der Waals surface area contributed by atoms with E-state index in [1.165, 1.54) is 0 Å². The fourth-order valence-corrected chi connectivity index (χ4v) is 1.11. The Balaban J connectivity index is 2.86. The number of phenolic OH excluding ortho intramolecular Hbond substituents is 1. The van der Waals surface area contributed by atoms with Gasteiger partial charge in [0.05, 0.1) is 0 Å². The molecule has 1 unspecified atom stereocenters. The second kappa shape index (κ2) is 3.93. The van der Waals surface area contributed by atoms with E-state index >= 15 is 0 Å². The third-order valence-corrected chi connectivity index (χ3v) is 1.76. The SMILES string of the molecule is C=CCC(N)c1ccccc1O. The van der Waals surface area contributed by atoms with Crippen molar-refractivity contribution >= 4 is 0 Å². The molecule has 3 N–H and O–H groups in total. The lowest BCUT2D eigenvalue weighted by atomic mass is 10.0. The summed E-state index contributed by atoms with van der Waals surface area (Å²) in [6.45, 7) is 3.59. The van der Waals surface area contributed by atoms with Gasteiger partial charge in [0.2, 0.25) is 0 Å². The molecule has 0 radical (unpaired) electrons. The Labute approximate surface area is 72.3 Å². The van der Waals surface area contributed by atoms with Crippen molar-refractivity contribution in [1.29, 1.82) is 0 Å². The van der Waals surface area contributed by atoms with E-state index in [1.807, 2.05) is 12.1 Å². The number of nitrogens with two attached hydrogens (primary N) is 1. The van der Waals surface area contributed by atoms with E-state index in [-0.39, 0.29) is 11.8 Å². The molecule has 0 heterocycles. The van der Waals surface area contributed by atoms with Crippen molar-refractivity contribution < 1.29 is 5.11 Å². The van der Waals surface area contributed by atoms with Crippen LogP contribution in [0, 0.1) is 0 Å². The molecule has 1 atom stereocenters. The minimum atomic E-state index is -0.149. The zero-order valence-corrected chi connectivity index (χ0v) is 6.90. The van der Waals surface area contributed by atoms with Gasteiger partial charge in [-0.25, -0.2) is 0 Å². The summed E-state index contributed by atoms with van der Waals surface area (Å²) < 4.78 is 0. The van der Waals surface area contributed by atoms with Crippen LogP contribution in [-0.4, -0.2) is 5.11 Å². The number of para-hydroxylation sites is 1. The van der Waals surface area contributed by atoms with Crippen LogP contribution >= 0.6 is 0 Å². The molecular formula is C10H13NO. The van der Waals surface area contributed by atoms with E-state index < -0.39 is 0 Å². The van der Waals surface area contributed by atoms with Crippen LogP contribution in [0.15, 0.2) is 36.9 Å². The Morgan fingerprint density at radius 3 is 2.75 bits per heavy atom. The predicted octanol–water partition coefficient (Wildman–Crippen LogP) is 1.97. The molecule has 1 aromatic carbocycles. The monoisotopic (exact) mass is 163 g/mol. The van der Waals surface area contributed by atoms with Crippen molar-refractivity contribution in [1.82, 2.24) is 0 Å². The number of hydrogen-bond acceptors (Lipinski definition) is 2. The van der Waals surface area contributed by atoms with Gasteiger partial charge in [0.15, 0.2) is 0 Å². The zero-order valence-electron chi connectivity index (χ0n) is 6.90. The van der Waals surface area contributed by atoms with Gasteiger partial charge in [-0.3, -0.25) is 0 Å². The van der Waals surface area contributed by atoms with E-state index in [2.05, 4.69) is 6.58 Å². The molecule has 1 rings (SSSR count). The summed E-state index contributed by atoms with van der Waals surface area (Å²) in [5.74, 6) is 0.256. The molecule has 1 aromatic rings. The van der Waals surface area contributed by atoms with Crippen LogP contribution < -0.4 is 5.73 Å². The van der Waals surface area contributed by atoms with Gasteiger partial charge in [0.1, 0.15) is 5.75 Å². The molecule has 0 aromatic heterocycles. The number of hydrogen-bond donors (Lipinski definition) is 2. The molecule has 0 saturated heterocycles. The van der Waals surface area contributed by atoms with Gasteiger partial charge in [-0.1, -0.05) is 24.3 Å². The van der Waals surface area contributed by atoms with Crippen LogP contribution in [0.3, 0.4) is 0 Å². The topological polar surface area (TPSA) is 46.2 Å². The molecule has 0 spiro atoms. The summed E-state index contributed by atoms with van der Waals surface area (Å²) >= 11 is 0. The molecule has 0 saturated carbocycles. The maximum Gasteiger partial charge on any atom is 0.120 e. The normalized spacial score (nSPS) is 12.4. The Bertz CT molecular complexity index is 270. The lowest BCUT2D eigenvalue weighted by Gasteiger charge is -2.10. The smallest absolute Gasteiger partial charge is 0.120 e. The van der Waals surface area contributed by atoms with E-state index in [1.54, 1.807) is 18.2 Å². The average molecular weight is 163 g/mol. The fourth-order valence-electron chi connectivity index (χ4n) is 1.11. The highest BCUT2D eigenvalue weighted by molar-refractivity contribution is 5.34. The molecule has 64 valence electrons. The van der Waals surface area contributed by atoms with Crippen molar-refractivity contribution in [3.8, 4) is 5.75 Å². The second-order valence-corrected chi connectivity index (χ2v) is 2.69. The molecule has 0 bridgehead atoms. The third-order valence-electron chi connectivity index (χ3n) is 1.76. The minimum Gasteiger partial charge on any atom is -0.508 e. The van der Waals surface area contributed by atoms with Crippen molar-refractivity contribution in [3.05, 3.63) is 42.5 Å². The van der Waals surface area contributed by atoms with E-state index in [0.29, 0.717) is 6.42 Å². The van der Waals surface area contributed by atoms with Gasteiger partial charge < -0.3 is 10.8 Å². The van der Waals surface area contributed by atoms with E-state index in [4.69, 9.17) is 5.73 Å². The second-order valence-electron chi connectivity index (χ2n) is 2.69. The molecule has 0 amide bonds. The molecule has 2 heteroatoms. The van der Waals surface area contributed by atoms with Crippen LogP contribution in [0.25, 0.3) is 0 Å². The highest BCUT2D eigenvalue weighted by atomic mass is 16.3. The number of aromatic hydroxyl groups is 1. The van der Waals surface area contributed by atoms with Gasteiger partial charge in [-0.2, -0.15) is 0 Å². The highest BCUT2D eigenvalue weighted by Gasteiger charge is 2.07. The lowest BCUT2D eigenvalue weighted by molar-refractivity contribution is 0.461. The van der Waals surface area contributed by atoms with Gasteiger partial charge in [0, 0.05) is 11.6 Å². The maximum absolute atomic E-state index is 9.39. The van der Waals surface area contributed by atoms with E-state index in [9.17, 15) is 5.11 Å². The first-order valence-electron chi connectivity index (χ1n) is 3.90. The summed E-state index contributed by atoms with van der Waals surface area (Å²) in [6.07, 6.45) is 2.43. The van der Waals surface area contributed by atoms with Gasteiger partial charge >= 0.3 is 0 Å². The molecule has 0 fully saturated rings. The first-order chi connectivity index (χ1) is 5.75. The largest absolute Gasteiger partial charge is 0.508 e. The standard InChI is InChI=1S/C10H13NO/c1-2-5-9(11)8-6-3-4-7-10(8)12/h2-4,6-7,9,12H,1,5,11H2. The lowest BCUT2D eigenvalue weighted by Crippen LogP contribution is -2.08. The molecule has 0 aliphatic rings. The van der Waals surface area contributed by atoms with Crippen LogP contribution in [0.5, 0.6) is 5.75 Å². The number of phenols is 1. The molecule has 2 nitrogen and oxygen atoms in total. The summed E-state index contributed by atoms with van der Waals surface area (Å²) in [7, 11) is 0. The number of rotatable bonds is 3. The Morgan fingerprint density at radius 2 is 2.17 bits per heavy atom. The Morgan fingerprint density at radius 1 is 1.50 bits per heavy atom. The van der Waals surface area contributed by atoms with Gasteiger partial charge in [-0.05, 0) is 12.5 Å². The Kier molecular flexibility index (Phi) is 2.88. The predicted molar refractivity (Wildman–Crippen MR) is 49.8 cm³/mol.